The van der Waals surface area contributed by atoms with E-state index in [1.807, 2.05) is 38.1 Å². The number of nitrogens with one attached hydrogen (secondary N) is 1. The summed E-state index contributed by atoms with van der Waals surface area (Å²) in [5.74, 6) is 0.0942. The second kappa shape index (κ2) is 7.65. The highest BCUT2D eigenvalue weighted by atomic mass is 35.5. The molecule has 1 atom stereocenters. The number of hydrogen-bond donors (Lipinski definition) is 2. The van der Waals surface area contributed by atoms with Crippen LogP contribution in [0, 0.1) is 5.92 Å². The molecular formula is C16H24ClNO2. The second-order valence-electron chi connectivity index (χ2n) is 5.77. The Morgan fingerprint density at radius 3 is 2.50 bits per heavy atom. The fourth-order valence-electron chi connectivity index (χ4n) is 1.67. The van der Waals surface area contributed by atoms with Gasteiger partial charge in [-0.3, -0.25) is 4.79 Å². The first-order valence-electron chi connectivity index (χ1n) is 7.05. The molecule has 1 amide bonds. The van der Waals surface area contributed by atoms with E-state index in [-0.39, 0.29) is 11.8 Å². The lowest BCUT2D eigenvalue weighted by molar-refractivity contribution is -0.122. The first-order chi connectivity index (χ1) is 9.31. The molecule has 0 aliphatic heterocycles. The molecule has 0 radical (unpaired) electrons. The molecule has 0 spiro atoms. The molecule has 2 N–H and O–H groups in total. The van der Waals surface area contributed by atoms with Crippen molar-refractivity contribution in [3.63, 3.8) is 0 Å². The van der Waals surface area contributed by atoms with Gasteiger partial charge in [-0.05, 0) is 43.4 Å². The van der Waals surface area contributed by atoms with Crippen LogP contribution in [0.3, 0.4) is 0 Å². The van der Waals surface area contributed by atoms with Crippen molar-refractivity contribution in [1.82, 2.24) is 5.32 Å². The lowest BCUT2D eigenvalue weighted by atomic mass is 9.92. The molecule has 0 aromatic heterocycles. The highest BCUT2D eigenvalue weighted by Gasteiger charge is 2.25. The molecular weight excluding hydrogens is 274 g/mol. The Morgan fingerprint density at radius 2 is 1.95 bits per heavy atom. The Balaban J connectivity index is 2.25. The van der Waals surface area contributed by atoms with Gasteiger partial charge in [-0.2, -0.15) is 0 Å². The minimum atomic E-state index is -0.855. The van der Waals surface area contributed by atoms with E-state index in [0.717, 1.165) is 17.9 Å². The molecule has 4 heteroatoms. The zero-order valence-electron chi connectivity index (χ0n) is 12.4. The van der Waals surface area contributed by atoms with Gasteiger partial charge in [0.2, 0.25) is 5.91 Å². The van der Waals surface area contributed by atoms with Gasteiger partial charge in [-0.25, -0.2) is 0 Å². The molecule has 0 saturated carbocycles. The van der Waals surface area contributed by atoms with Crippen LogP contribution in [0.15, 0.2) is 24.3 Å². The van der Waals surface area contributed by atoms with Crippen molar-refractivity contribution in [2.24, 2.45) is 5.92 Å². The molecule has 0 fully saturated rings. The molecule has 0 aliphatic rings. The average Bonchev–Trinajstić information content (AvgIpc) is 2.39. The van der Waals surface area contributed by atoms with Crippen molar-refractivity contribution < 1.29 is 9.90 Å². The van der Waals surface area contributed by atoms with Crippen molar-refractivity contribution in [3.05, 3.63) is 34.9 Å². The number of hydrogen-bond acceptors (Lipinski definition) is 2. The summed E-state index contributed by atoms with van der Waals surface area (Å²) in [5, 5.41) is 13.6. The predicted molar refractivity (Wildman–Crippen MR) is 82.9 cm³/mol. The number of benzene rings is 1. The lowest BCUT2D eigenvalue weighted by Gasteiger charge is -2.27. The van der Waals surface area contributed by atoms with E-state index in [4.69, 9.17) is 11.6 Å². The highest BCUT2D eigenvalue weighted by Crippen LogP contribution is 2.15. The standard InChI is InChI=1S/C16H24ClNO2/c1-12(2)16(3,20)11-18-15(19)6-4-5-13-7-9-14(17)10-8-13/h7-10,12,20H,4-6,11H2,1-3H3,(H,18,19). The number of halogens is 1. The average molecular weight is 298 g/mol. The molecule has 0 heterocycles. The molecule has 112 valence electrons. The SMILES string of the molecule is CC(C)C(C)(O)CNC(=O)CCCc1ccc(Cl)cc1. The van der Waals surface area contributed by atoms with E-state index in [9.17, 15) is 9.90 Å². The van der Waals surface area contributed by atoms with Crippen LogP contribution in [-0.4, -0.2) is 23.2 Å². The molecule has 0 saturated heterocycles. The monoisotopic (exact) mass is 297 g/mol. The maximum absolute atomic E-state index is 11.7. The predicted octanol–water partition coefficient (Wildman–Crippen LogP) is 3.19. The van der Waals surface area contributed by atoms with E-state index in [0.29, 0.717) is 13.0 Å². The fraction of sp³-hybridized carbons (Fsp3) is 0.562. The number of aliphatic hydroxyl groups is 1. The van der Waals surface area contributed by atoms with Crippen LogP contribution in [-0.2, 0) is 11.2 Å². The van der Waals surface area contributed by atoms with Gasteiger partial charge in [0.1, 0.15) is 0 Å². The third-order valence-electron chi connectivity index (χ3n) is 3.67. The van der Waals surface area contributed by atoms with Gasteiger partial charge >= 0.3 is 0 Å². The minimum absolute atomic E-state index is 0.0140. The zero-order chi connectivity index (χ0) is 15.2. The normalized spacial score (nSPS) is 14.1. The summed E-state index contributed by atoms with van der Waals surface area (Å²) in [7, 11) is 0. The number of aryl methyl sites for hydroxylation is 1. The van der Waals surface area contributed by atoms with Gasteiger partial charge in [0.25, 0.3) is 0 Å². The largest absolute Gasteiger partial charge is 0.388 e. The van der Waals surface area contributed by atoms with E-state index in [1.165, 1.54) is 5.56 Å². The van der Waals surface area contributed by atoms with Crippen molar-refractivity contribution in [1.29, 1.82) is 0 Å². The van der Waals surface area contributed by atoms with Crippen molar-refractivity contribution >= 4 is 17.5 Å². The van der Waals surface area contributed by atoms with Gasteiger partial charge in [0, 0.05) is 18.0 Å². The third-order valence-corrected chi connectivity index (χ3v) is 3.92. The van der Waals surface area contributed by atoms with Crippen LogP contribution in [0.1, 0.15) is 39.2 Å². The Hall–Kier alpha value is -1.06. The van der Waals surface area contributed by atoms with Gasteiger partial charge in [0.05, 0.1) is 5.60 Å². The second-order valence-corrected chi connectivity index (χ2v) is 6.21. The zero-order valence-corrected chi connectivity index (χ0v) is 13.2. The number of carbonyl (C=O) groups is 1. The maximum Gasteiger partial charge on any atom is 0.220 e. The van der Waals surface area contributed by atoms with E-state index >= 15 is 0 Å². The summed E-state index contributed by atoms with van der Waals surface area (Å²) in [5.41, 5.74) is 0.322. The molecule has 1 aromatic carbocycles. The Morgan fingerprint density at radius 1 is 1.35 bits per heavy atom. The Kier molecular flexibility index (Phi) is 6.50. The van der Waals surface area contributed by atoms with Crippen molar-refractivity contribution in [2.75, 3.05) is 6.54 Å². The van der Waals surface area contributed by atoms with Crippen molar-refractivity contribution in [3.8, 4) is 0 Å². The van der Waals surface area contributed by atoms with Gasteiger partial charge in [0.15, 0.2) is 0 Å². The molecule has 1 aromatic rings. The van der Waals surface area contributed by atoms with Gasteiger partial charge in [-0.15, -0.1) is 0 Å². The van der Waals surface area contributed by atoms with Crippen LogP contribution < -0.4 is 5.32 Å². The third kappa shape index (κ3) is 5.93. The van der Waals surface area contributed by atoms with Crippen LogP contribution in [0.25, 0.3) is 0 Å². The lowest BCUT2D eigenvalue weighted by Crippen LogP contribution is -2.44. The summed E-state index contributed by atoms with van der Waals surface area (Å²) in [6.07, 6.45) is 2.11. The van der Waals surface area contributed by atoms with Crippen LogP contribution >= 0.6 is 11.6 Å². The summed E-state index contributed by atoms with van der Waals surface area (Å²) in [4.78, 5) is 11.7. The smallest absolute Gasteiger partial charge is 0.220 e. The Bertz CT molecular complexity index is 427. The van der Waals surface area contributed by atoms with Gasteiger partial charge < -0.3 is 10.4 Å². The fourth-order valence-corrected chi connectivity index (χ4v) is 1.80. The summed E-state index contributed by atoms with van der Waals surface area (Å²) < 4.78 is 0. The highest BCUT2D eigenvalue weighted by molar-refractivity contribution is 6.30. The number of carbonyl (C=O) groups excluding carboxylic acids is 1. The molecule has 0 aliphatic carbocycles. The van der Waals surface area contributed by atoms with Crippen LogP contribution in [0.2, 0.25) is 5.02 Å². The van der Waals surface area contributed by atoms with E-state index in [2.05, 4.69) is 5.32 Å². The van der Waals surface area contributed by atoms with Crippen LogP contribution in [0.4, 0.5) is 0 Å². The van der Waals surface area contributed by atoms with Crippen LogP contribution in [0.5, 0.6) is 0 Å². The minimum Gasteiger partial charge on any atom is -0.388 e. The molecule has 1 unspecified atom stereocenters. The number of rotatable bonds is 7. The number of amides is 1. The first-order valence-corrected chi connectivity index (χ1v) is 7.42. The van der Waals surface area contributed by atoms with Gasteiger partial charge in [-0.1, -0.05) is 37.6 Å². The topological polar surface area (TPSA) is 49.3 Å². The van der Waals surface area contributed by atoms with E-state index in [1.54, 1.807) is 6.92 Å². The summed E-state index contributed by atoms with van der Waals surface area (Å²) >= 11 is 5.82. The maximum atomic E-state index is 11.7. The molecule has 20 heavy (non-hydrogen) atoms. The Labute approximate surface area is 126 Å². The molecule has 0 bridgehead atoms. The first kappa shape index (κ1) is 17.0. The molecule has 1 rings (SSSR count). The quantitative estimate of drug-likeness (QED) is 0.812. The summed E-state index contributed by atoms with van der Waals surface area (Å²) in [6.45, 7) is 5.91. The van der Waals surface area contributed by atoms with E-state index < -0.39 is 5.60 Å². The van der Waals surface area contributed by atoms with Crippen molar-refractivity contribution in [2.45, 2.75) is 45.6 Å². The summed E-state index contributed by atoms with van der Waals surface area (Å²) in [6, 6.07) is 7.67. The molecule has 3 nitrogen and oxygen atoms in total.